The molecular formula is C16H16N2O2S. The van der Waals surface area contributed by atoms with E-state index in [1.807, 2.05) is 19.9 Å². The van der Waals surface area contributed by atoms with Crippen molar-refractivity contribution in [3.63, 3.8) is 0 Å². The van der Waals surface area contributed by atoms with E-state index < -0.39 is 0 Å². The van der Waals surface area contributed by atoms with E-state index in [9.17, 15) is 4.79 Å². The molecule has 3 heterocycles. The van der Waals surface area contributed by atoms with E-state index in [0.717, 1.165) is 26.1 Å². The van der Waals surface area contributed by atoms with Gasteiger partial charge in [0.1, 0.15) is 4.83 Å². The van der Waals surface area contributed by atoms with Crippen LogP contribution < -0.4 is 0 Å². The Morgan fingerprint density at radius 1 is 1.24 bits per heavy atom. The van der Waals surface area contributed by atoms with Gasteiger partial charge in [-0.25, -0.2) is 9.78 Å². The summed E-state index contributed by atoms with van der Waals surface area (Å²) in [6.45, 7) is 8.06. The van der Waals surface area contributed by atoms with Crippen LogP contribution in [0.3, 0.4) is 0 Å². The van der Waals surface area contributed by atoms with E-state index in [0.29, 0.717) is 17.9 Å². The summed E-state index contributed by atoms with van der Waals surface area (Å²) in [6, 6.07) is 3.93. The molecule has 0 amide bonds. The summed E-state index contributed by atoms with van der Waals surface area (Å²) < 4.78 is 6.06. The summed E-state index contributed by atoms with van der Waals surface area (Å²) in [6.07, 6.45) is 0. The number of carbonyl (C=O) groups is 1. The van der Waals surface area contributed by atoms with Crippen LogP contribution in [0.15, 0.2) is 12.1 Å². The topological polar surface area (TPSA) is 52.1 Å². The van der Waals surface area contributed by atoms with E-state index in [1.54, 1.807) is 18.3 Å². The summed E-state index contributed by atoms with van der Waals surface area (Å²) in [7, 11) is 0. The van der Waals surface area contributed by atoms with E-state index in [2.05, 4.69) is 23.0 Å². The molecular weight excluding hydrogens is 284 g/mol. The van der Waals surface area contributed by atoms with Crippen LogP contribution in [0, 0.1) is 20.8 Å². The van der Waals surface area contributed by atoms with Crippen molar-refractivity contribution in [2.75, 3.05) is 6.61 Å². The summed E-state index contributed by atoms with van der Waals surface area (Å²) in [5, 5.41) is 1.08. The molecule has 0 radical (unpaired) electrons. The van der Waals surface area contributed by atoms with Crippen molar-refractivity contribution in [3.8, 4) is 0 Å². The number of hydrogen-bond acceptors (Lipinski definition) is 5. The van der Waals surface area contributed by atoms with Crippen LogP contribution >= 0.6 is 11.3 Å². The summed E-state index contributed by atoms with van der Waals surface area (Å²) in [5.41, 5.74) is 4.31. The van der Waals surface area contributed by atoms with Gasteiger partial charge < -0.3 is 4.74 Å². The first kappa shape index (κ1) is 13.9. The molecule has 0 saturated heterocycles. The molecule has 0 unspecified atom stereocenters. The highest BCUT2D eigenvalue weighted by Crippen LogP contribution is 2.34. The molecule has 0 saturated carbocycles. The Kier molecular flexibility index (Phi) is 3.37. The van der Waals surface area contributed by atoms with Gasteiger partial charge in [0.15, 0.2) is 0 Å². The molecule has 3 rings (SSSR count). The predicted octanol–water partition coefficient (Wildman–Crippen LogP) is 3.95. The molecule has 3 aromatic rings. The molecule has 21 heavy (non-hydrogen) atoms. The second-order valence-electron chi connectivity index (χ2n) is 5.05. The molecule has 0 atom stereocenters. The van der Waals surface area contributed by atoms with Gasteiger partial charge >= 0.3 is 5.97 Å². The fraction of sp³-hybridized carbons (Fsp3) is 0.312. The van der Waals surface area contributed by atoms with Crippen LogP contribution in [-0.4, -0.2) is 22.5 Å². The fourth-order valence-electron chi connectivity index (χ4n) is 2.53. The number of aromatic nitrogens is 2. The van der Waals surface area contributed by atoms with Crippen LogP contribution in [-0.2, 0) is 4.74 Å². The number of ether oxygens (including phenoxy) is 1. The normalized spacial score (nSPS) is 11.2. The van der Waals surface area contributed by atoms with Crippen molar-refractivity contribution in [2.45, 2.75) is 27.7 Å². The molecule has 0 aliphatic rings. The fourth-order valence-corrected chi connectivity index (χ4v) is 3.71. The standard InChI is InChI=1S/C16H16N2O2S/c1-5-20-16(19)11-7-12-14(18-10(11)4)13-8(2)6-9(3)17-15(13)21-12/h6-7H,5H2,1-4H3. The summed E-state index contributed by atoms with van der Waals surface area (Å²) >= 11 is 1.57. The monoisotopic (exact) mass is 300 g/mol. The second-order valence-corrected chi connectivity index (χ2v) is 6.08. The molecule has 0 aliphatic carbocycles. The Balaban J connectivity index is 2.30. The lowest BCUT2D eigenvalue weighted by atomic mass is 10.1. The predicted molar refractivity (Wildman–Crippen MR) is 85.1 cm³/mol. The highest BCUT2D eigenvalue weighted by Gasteiger charge is 2.17. The van der Waals surface area contributed by atoms with Gasteiger partial charge in [0, 0.05) is 11.1 Å². The second kappa shape index (κ2) is 5.07. The maximum absolute atomic E-state index is 12.0. The molecule has 3 aromatic heterocycles. The molecule has 0 bridgehead atoms. The van der Waals surface area contributed by atoms with Crippen LogP contribution in [0.4, 0.5) is 0 Å². The first-order valence-electron chi connectivity index (χ1n) is 6.86. The maximum Gasteiger partial charge on any atom is 0.340 e. The first-order chi connectivity index (χ1) is 10.0. The lowest BCUT2D eigenvalue weighted by Gasteiger charge is -2.05. The van der Waals surface area contributed by atoms with Crippen LogP contribution in [0.1, 0.15) is 34.2 Å². The van der Waals surface area contributed by atoms with Gasteiger partial charge in [-0.1, -0.05) is 0 Å². The molecule has 0 aromatic carbocycles. The summed E-state index contributed by atoms with van der Waals surface area (Å²) in [4.78, 5) is 22.1. The lowest BCUT2D eigenvalue weighted by Crippen LogP contribution is -2.07. The molecule has 0 fully saturated rings. The number of pyridine rings is 2. The Morgan fingerprint density at radius 2 is 2.00 bits per heavy atom. The third-order valence-corrected chi connectivity index (χ3v) is 4.45. The third-order valence-electron chi connectivity index (χ3n) is 3.43. The Labute approximate surface area is 126 Å². The van der Waals surface area contributed by atoms with E-state index in [-0.39, 0.29) is 5.97 Å². The average molecular weight is 300 g/mol. The number of nitrogens with zero attached hydrogens (tertiary/aromatic N) is 2. The van der Waals surface area contributed by atoms with E-state index in [1.165, 1.54) is 5.56 Å². The Bertz CT molecular complexity index is 868. The quantitative estimate of drug-likeness (QED) is 0.672. The molecule has 0 N–H and O–H groups in total. The number of fused-ring (bicyclic) bond motifs is 3. The molecule has 4 nitrogen and oxygen atoms in total. The number of thiophene rings is 1. The Morgan fingerprint density at radius 3 is 2.71 bits per heavy atom. The van der Waals surface area contributed by atoms with Crippen molar-refractivity contribution in [2.24, 2.45) is 0 Å². The number of esters is 1. The van der Waals surface area contributed by atoms with Gasteiger partial charge in [0.25, 0.3) is 0 Å². The molecule has 108 valence electrons. The van der Waals surface area contributed by atoms with Gasteiger partial charge in [-0.15, -0.1) is 11.3 Å². The minimum atomic E-state index is -0.317. The SMILES string of the molecule is CCOC(=O)c1cc2sc3nc(C)cc(C)c3c2nc1C. The van der Waals surface area contributed by atoms with Crippen LogP contribution in [0.5, 0.6) is 0 Å². The van der Waals surface area contributed by atoms with Gasteiger partial charge in [0.05, 0.1) is 28.1 Å². The largest absolute Gasteiger partial charge is 0.462 e. The highest BCUT2D eigenvalue weighted by atomic mass is 32.1. The molecule has 0 spiro atoms. The van der Waals surface area contributed by atoms with Crippen molar-refractivity contribution < 1.29 is 9.53 Å². The highest BCUT2D eigenvalue weighted by molar-refractivity contribution is 7.25. The molecule has 5 heteroatoms. The average Bonchev–Trinajstić information content (AvgIpc) is 2.75. The smallest absolute Gasteiger partial charge is 0.340 e. The minimum Gasteiger partial charge on any atom is -0.462 e. The number of carbonyl (C=O) groups excluding carboxylic acids is 1. The Hall–Kier alpha value is -2.01. The minimum absolute atomic E-state index is 0.317. The zero-order valence-corrected chi connectivity index (χ0v) is 13.3. The maximum atomic E-state index is 12.0. The number of rotatable bonds is 2. The number of hydrogen-bond donors (Lipinski definition) is 0. The molecule has 0 aliphatic heterocycles. The van der Waals surface area contributed by atoms with Crippen molar-refractivity contribution >= 4 is 37.7 Å². The van der Waals surface area contributed by atoms with Crippen molar-refractivity contribution in [3.05, 3.63) is 34.6 Å². The van der Waals surface area contributed by atoms with E-state index >= 15 is 0 Å². The van der Waals surface area contributed by atoms with Gasteiger partial charge in [-0.05, 0) is 45.4 Å². The van der Waals surface area contributed by atoms with Gasteiger partial charge in [-0.3, -0.25) is 4.98 Å². The summed E-state index contributed by atoms with van der Waals surface area (Å²) in [5.74, 6) is -0.317. The van der Waals surface area contributed by atoms with Gasteiger partial charge in [-0.2, -0.15) is 0 Å². The van der Waals surface area contributed by atoms with E-state index in [4.69, 9.17) is 4.74 Å². The van der Waals surface area contributed by atoms with Crippen molar-refractivity contribution in [1.29, 1.82) is 0 Å². The van der Waals surface area contributed by atoms with Crippen LogP contribution in [0.2, 0.25) is 0 Å². The zero-order chi connectivity index (χ0) is 15.1. The zero-order valence-electron chi connectivity index (χ0n) is 12.5. The number of aryl methyl sites for hydroxylation is 3. The van der Waals surface area contributed by atoms with Crippen molar-refractivity contribution in [1.82, 2.24) is 9.97 Å². The lowest BCUT2D eigenvalue weighted by molar-refractivity contribution is 0.0525. The third kappa shape index (κ3) is 2.27. The van der Waals surface area contributed by atoms with Crippen LogP contribution in [0.25, 0.3) is 20.4 Å². The first-order valence-corrected chi connectivity index (χ1v) is 7.68. The van der Waals surface area contributed by atoms with Gasteiger partial charge in [0.2, 0.25) is 0 Å².